The number of carbonyl (C=O) groups is 3. The number of unbranched alkanes of at least 4 members (excludes halogenated alkanes) is 26. The van der Waals surface area contributed by atoms with Gasteiger partial charge in [-0.2, -0.15) is 0 Å². The van der Waals surface area contributed by atoms with Crippen LogP contribution in [-0.2, 0) is 28.6 Å². The zero-order chi connectivity index (χ0) is 44.9. The number of likely N-dealkylation sites (N-methyl/N-ethyl adjacent to an activating group) is 1. The molecule has 8 nitrogen and oxygen atoms in total. The highest BCUT2D eigenvalue weighted by atomic mass is 16.6. The average Bonchev–Trinajstić information content (AvgIpc) is 3.22. The Bertz CT molecular complexity index is 1090. The third-order valence-corrected chi connectivity index (χ3v) is 11.5. The number of allylic oxidation sites excluding steroid dienone is 6. The molecular formula is C53H97NO7. The predicted molar refractivity (Wildman–Crippen MR) is 254 cm³/mol. The Kier molecular flexibility index (Phi) is 42.4. The number of nitrogens with zero attached hydrogens (tertiary/aromatic N) is 1. The molecule has 0 radical (unpaired) electrons. The van der Waals surface area contributed by atoms with E-state index in [1.165, 1.54) is 128 Å². The highest BCUT2D eigenvalue weighted by Crippen LogP contribution is 2.16. The first kappa shape index (κ1) is 58.6. The molecule has 0 aromatic rings. The summed E-state index contributed by atoms with van der Waals surface area (Å²) in [5, 5.41) is 11.7. The second-order valence-electron chi connectivity index (χ2n) is 18.4. The molecule has 0 spiro atoms. The van der Waals surface area contributed by atoms with Crippen molar-refractivity contribution in [2.45, 2.75) is 244 Å². The van der Waals surface area contributed by atoms with E-state index in [1.807, 2.05) is 0 Å². The molecular weight excluding hydrogens is 763 g/mol. The molecule has 0 saturated heterocycles. The lowest BCUT2D eigenvalue weighted by atomic mass is 10.0. The highest BCUT2D eigenvalue weighted by Gasteiger charge is 2.25. The van der Waals surface area contributed by atoms with E-state index >= 15 is 0 Å². The number of carbonyl (C=O) groups excluding carboxylic acids is 3. The summed E-state index contributed by atoms with van der Waals surface area (Å²) in [4.78, 5) is 37.0. The fourth-order valence-electron chi connectivity index (χ4n) is 7.62. The van der Waals surface area contributed by atoms with Gasteiger partial charge in [-0.1, -0.05) is 204 Å². The Hall–Kier alpha value is -2.45. The summed E-state index contributed by atoms with van der Waals surface area (Å²) in [6, 6.07) is -0.727. The first-order valence-corrected chi connectivity index (χ1v) is 25.5. The lowest BCUT2D eigenvalue weighted by molar-refractivity contribution is -0.889. The van der Waals surface area contributed by atoms with Gasteiger partial charge in [0.05, 0.1) is 40.3 Å². The van der Waals surface area contributed by atoms with Crippen LogP contribution in [0.5, 0.6) is 0 Å². The zero-order valence-electron chi connectivity index (χ0n) is 40.6. The van der Waals surface area contributed by atoms with Crippen LogP contribution in [0.1, 0.15) is 232 Å². The molecule has 2 atom stereocenters. The lowest BCUT2D eigenvalue weighted by Crippen LogP contribution is -2.55. The smallest absolute Gasteiger partial charge is 0.306 e. The normalized spacial score (nSPS) is 13.1. The third kappa shape index (κ3) is 42.6. The maximum absolute atomic E-state index is 12.8. The fraction of sp³-hybridized carbons (Fsp3) is 0.830. The van der Waals surface area contributed by atoms with E-state index in [4.69, 9.17) is 14.2 Å². The standard InChI is InChI=1S/C53H97NO7/c1-6-8-10-12-14-16-18-20-22-24-25-26-27-28-30-32-34-36-38-40-42-44-52(56)61-49(47-59-46-45-50(53(57)58)54(3,4)5)48-60-51(55)43-41-39-37-35-33-31-29-23-21-19-17-15-13-11-9-7-2/h9,11,15,17,21,23,49-50H,6-8,10,12-14,16,18-20,22,24-48H2,1-5H3/b11-9+,17-15+,23-21+. The predicted octanol–water partition coefficient (Wildman–Crippen LogP) is 13.3. The number of aliphatic carboxylic acids is 1. The topological polar surface area (TPSA) is 102 Å². The van der Waals surface area contributed by atoms with Crippen molar-refractivity contribution in [3.63, 3.8) is 0 Å². The van der Waals surface area contributed by atoms with E-state index in [0.29, 0.717) is 12.8 Å². The van der Waals surface area contributed by atoms with Crippen LogP contribution < -0.4 is 5.11 Å². The maximum atomic E-state index is 12.8. The lowest BCUT2D eigenvalue weighted by Gasteiger charge is -2.34. The Morgan fingerprint density at radius 3 is 1.36 bits per heavy atom. The molecule has 356 valence electrons. The van der Waals surface area contributed by atoms with Crippen LogP contribution in [0.2, 0.25) is 0 Å². The van der Waals surface area contributed by atoms with Crippen molar-refractivity contribution >= 4 is 17.9 Å². The second-order valence-corrected chi connectivity index (χ2v) is 18.4. The SMILES string of the molecule is CC/C=C/C/C=C/C/C=C/CCCCCCCCC(=O)OCC(COCCC(C(=O)[O-])[N+](C)(C)C)OC(=O)CCCCCCCCCCCCCCCCCCCCCCC. The summed E-state index contributed by atoms with van der Waals surface area (Å²) in [5.41, 5.74) is 0. The van der Waals surface area contributed by atoms with Crippen molar-refractivity contribution in [1.29, 1.82) is 0 Å². The fourth-order valence-corrected chi connectivity index (χ4v) is 7.62. The number of hydrogen-bond donors (Lipinski definition) is 0. The minimum Gasteiger partial charge on any atom is -0.544 e. The van der Waals surface area contributed by atoms with Gasteiger partial charge in [-0.15, -0.1) is 0 Å². The van der Waals surface area contributed by atoms with Crippen LogP contribution in [0.4, 0.5) is 0 Å². The Labute approximate surface area is 376 Å². The summed E-state index contributed by atoms with van der Waals surface area (Å²) in [7, 11) is 5.42. The van der Waals surface area contributed by atoms with Crippen molar-refractivity contribution in [1.82, 2.24) is 0 Å². The molecule has 0 aromatic heterocycles. The molecule has 0 aromatic carbocycles. The first-order valence-electron chi connectivity index (χ1n) is 25.5. The van der Waals surface area contributed by atoms with Crippen molar-refractivity contribution in [2.24, 2.45) is 0 Å². The third-order valence-electron chi connectivity index (χ3n) is 11.5. The summed E-state index contributed by atoms with van der Waals surface area (Å²) in [6.07, 6.45) is 51.7. The van der Waals surface area contributed by atoms with Gasteiger partial charge in [0, 0.05) is 19.3 Å². The van der Waals surface area contributed by atoms with Gasteiger partial charge in [-0.05, 0) is 44.9 Å². The van der Waals surface area contributed by atoms with Gasteiger partial charge in [-0.3, -0.25) is 9.59 Å². The molecule has 0 rings (SSSR count). The van der Waals surface area contributed by atoms with Gasteiger partial charge in [0.2, 0.25) is 0 Å². The number of rotatable bonds is 46. The Morgan fingerprint density at radius 2 is 0.918 bits per heavy atom. The van der Waals surface area contributed by atoms with Crippen molar-refractivity contribution in [2.75, 3.05) is 41.0 Å². The molecule has 0 aliphatic heterocycles. The van der Waals surface area contributed by atoms with E-state index in [0.717, 1.165) is 70.6 Å². The molecule has 0 N–H and O–H groups in total. The Balaban J connectivity index is 4.22. The largest absolute Gasteiger partial charge is 0.544 e. The van der Waals surface area contributed by atoms with Gasteiger partial charge < -0.3 is 28.6 Å². The molecule has 0 aliphatic rings. The van der Waals surface area contributed by atoms with Crippen LogP contribution in [0.3, 0.4) is 0 Å². The number of hydrogen-bond acceptors (Lipinski definition) is 7. The van der Waals surface area contributed by atoms with E-state index in [9.17, 15) is 19.5 Å². The molecule has 2 unspecified atom stereocenters. The van der Waals surface area contributed by atoms with E-state index in [1.54, 1.807) is 21.1 Å². The van der Waals surface area contributed by atoms with Crippen molar-refractivity contribution in [3.8, 4) is 0 Å². The van der Waals surface area contributed by atoms with Crippen molar-refractivity contribution in [3.05, 3.63) is 36.5 Å². The average molecular weight is 860 g/mol. The maximum Gasteiger partial charge on any atom is 0.306 e. The summed E-state index contributed by atoms with van der Waals surface area (Å²) >= 11 is 0. The zero-order valence-corrected chi connectivity index (χ0v) is 40.6. The monoisotopic (exact) mass is 860 g/mol. The second kappa shape index (κ2) is 44.2. The summed E-state index contributed by atoms with van der Waals surface area (Å²) < 4.78 is 17.2. The van der Waals surface area contributed by atoms with Gasteiger partial charge in [-0.25, -0.2) is 0 Å². The highest BCUT2D eigenvalue weighted by molar-refractivity contribution is 5.70. The number of carboxylic acid groups (broad SMARTS) is 1. The first-order chi connectivity index (χ1) is 29.6. The number of carboxylic acids is 1. The van der Waals surface area contributed by atoms with Gasteiger partial charge >= 0.3 is 11.9 Å². The molecule has 0 amide bonds. The van der Waals surface area contributed by atoms with Crippen LogP contribution in [0.15, 0.2) is 36.5 Å². The van der Waals surface area contributed by atoms with Crippen LogP contribution in [-0.4, -0.2) is 75.5 Å². The Morgan fingerprint density at radius 1 is 0.508 bits per heavy atom. The molecule has 0 aliphatic carbocycles. The number of ether oxygens (including phenoxy) is 3. The van der Waals surface area contributed by atoms with Crippen molar-refractivity contribution < 1.29 is 38.2 Å². The number of quaternary nitrogens is 1. The van der Waals surface area contributed by atoms with Gasteiger partial charge in [0.15, 0.2) is 6.10 Å². The van der Waals surface area contributed by atoms with E-state index < -0.39 is 18.1 Å². The van der Waals surface area contributed by atoms with Crippen LogP contribution in [0, 0.1) is 0 Å². The van der Waals surface area contributed by atoms with Crippen LogP contribution >= 0.6 is 0 Å². The number of esters is 2. The van der Waals surface area contributed by atoms with E-state index in [2.05, 4.69) is 50.3 Å². The van der Waals surface area contributed by atoms with E-state index in [-0.39, 0.29) is 42.7 Å². The quantitative estimate of drug-likeness (QED) is 0.0260. The van der Waals surface area contributed by atoms with Crippen LogP contribution in [0.25, 0.3) is 0 Å². The molecule has 61 heavy (non-hydrogen) atoms. The molecule has 0 bridgehead atoms. The molecule has 0 fully saturated rings. The van der Waals surface area contributed by atoms with Gasteiger partial charge in [0.25, 0.3) is 0 Å². The molecule has 0 heterocycles. The minimum atomic E-state index is -1.12. The van der Waals surface area contributed by atoms with Gasteiger partial charge in [0.1, 0.15) is 12.6 Å². The summed E-state index contributed by atoms with van der Waals surface area (Å²) in [6.45, 7) is 4.57. The summed E-state index contributed by atoms with van der Waals surface area (Å²) in [5.74, 6) is -1.74. The molecule has 8 heteroatoms. The molecule has 0 saturated carbocycles. The minimum absolute atomic E-state index is 0.0395.